The van der Waals surface area contributed by atoms with Crippen LogP contribution in [0.1, 0.15) is 11.1 Å². The predicted octanol–water partition coefficient (Wildman–Crippen LogP) is 4.85. The molecule has 0 heterocycles. The van der Waals surface area contributed by atoms with Gasteiger partial charge in [-0.3, -0.25) is 5.43 Å². The molecule has 0 aliphatic carbocycles. The third-order valence-electron chi connectivity index (χ3n) is 3.38. The van der Waals surface area contributed by atoms with Gasteiger partial charge in [-0.25, -0.2) is 4.39 Å². The fourth-order valence-electron chi connectivity index (χ4n) is 2.10. The Morgan fingerprint density at radius 2 is 1.58 bits per heavy atom. The predicted molar refractivity (Wildman–Crippen MR) is 94.8 cm³/mol. The van der Waals surface area contributed by atoms with Crippen molar-refractivity contribution in [3.8, 4) is 5.75 Å². The number of ether oxygens (including phenoxy) is 1. The second kappa shape index (κ2) is 7.92. The van der Waals surface area contributed by atoms with Gasteiger partial charge in [0.1, 0.15) is 18.2 Å². The molecule has 0 amide bonds. The zero-order chi connectivity index (χ0) is 16.6. The lowest BCUT2D eigenvalue weighted by molar-refractivity contribution is 0.306. The number of benzene rings is 3. The van der Waals surface area contributed by atoms with E-state index in [9.17, 15) is 4.39 Å². The third-order valence-corrected chi connectivity index (χ3v) is 3.38. The van der Waals surface area contributed by atoms with Crippen molar-refractivity contribution in [3.05, 3.63) is 95.8 Å². The van der Waals surface area contributed by atoms with Crippen LogP contribution in [0.2, 0.25) is 0 Å². The molecule has 3 rings (SSSR count). The second-order valence-electron chi connectivity index (χ2n) is 5.22. The Bertz CT molecular complexity index is 784. The van der Waals surface area contributed by atoms with E-state index in [1.165, 1.54) is 12.1 Å². The smallest absolute Gasteiger partial charge is 0.123 e. The topological polar surface area (TPSA) is 33.6 Å². The maximum atomic E-state index is 12.8. The molecular formula is C20H17FN2O. The van der Waals surface area contributed by atoms with E-state index in [1.54, 1.807) is 18.3 Å². The summed E-state index contributed by atoms with van der Waals surface area (Å²) in [4.78, 5) is 0. The van der Waals surface area contributed by atoms with E-state index in [1.807, 2.05) is 54.6 Å². The average Bonchev–Trinajstić information content (AvgIpc) is 2.64. The fourth-order valence-corrected chi connectivity index (χ4v) is 2.10. The van der Waals surface area contributed by atoms with Crippen LogP contribution in [0.3, 0.4) is 0 Å². The number of hydrazone groups is 1. The van der Waals surface area contributed by atoms with Crippen molar-refractivity contribution >= 4 is 11.9 Å². The third kappa shape index (κ3) is 4.68. The number of hydrogen-bond donors (Lipinski definition) is 1. The first-order valence-corrected chi connectivity index (χ1v) is 7.61. The molecule has 1 N–H and O–H groups in total. The fraction of sp³-hybridized carbons (Fsp3) is 0.0500. The number of nitrogens with zero attached hydrogens (tertiary/aromatic N) is 1. The Morgan fingerprint density at radius 1 is 0.875 bits per heavy atom. The summed E-state index contributed by atoms with van der Waals surface area (Å²) >= 11 is 0. The molecule has 4 heteroatoms. The van der Waals surface area contributed by atoms with Crippen molar-refractivity contribution < 1.29 is 9.13 Å². The second-order valence-corrected chi connectivity index (χ2v) is 5.22. The number of halogens is 1. The molecule has 0 aliphatic heterocycles. The van der Waals surface area contributed by atoms with Gasteiger partial charge in [0.15, 0.2) is 0 Å². The average molecular weight is 320 g/mol. The lowest BCUT2D eigenvalue weighted by Crippen LogP contribution is -1.95. The quantitative estimate of drug-likeness (QED) is 0.520. The van der Waals surface area contributed by atoms with Crippen LogP contribution in [-0.4, -0.2) is 6.21 Å². The van der Waals surface area contributed by atoms with Crippen molar-refractivity contribution in [1.82, 2.24) is 0 Å². The molecule has 3 aromatic carbocycles. The van der Waals surface area contributed by atoms with Crippen LogP contribution in [0.5, 0.6) is 5.75 Å². The molecule has 0 bridgehead atoms. The molecule has 3 aromatic rings. The highest BCUT2D eigenvalue weighted by atomic mass is 19.1. The summed E-state index contributed by atoms with van der Waals surface area (Å²) in [7, 11) is 0. The maximum absolute atomic E-state index is 12.8. The Kier molecular flexibility index (Phi) is 5.20. The maximum Gasteiger partial charge on any atom is 0.123 e. The largest absolute Gasteiger partial charge is 0.489 e. The standard InChI is InChI=1S/C20H17FN2O/c21-18-8-10-19(11-9-18)23-22-14-16-6-12-20(13-7-16)24-15-17-4-2-1-3-5-17/h1-14,23H,15H2/b22-14-. The molecule has 0 aliphatic rings. The van der Waals surface area contributed by atoms with Crippen molar-refractivity contribution in [2.75, 3.05) is 5.43 Å². The van der Waals surface area contributed by atoms with Crippen LogP contribution in [-0.2, 0) is 6.61 Å². The first-order valence-electron chi connectivity index (χ1n) is 7.61. The van der Waals surface area contributed by atoms with E-state index >= 15 is 0 Å². The van der Waals surface area contributed by atoms with Crippen molar-refractivity contribution in [2.45, 2.75) is 6.61 Å². The molecule has 120 valence electrons. The Labute approximate surface area is 140 Å². The van der Waals surface area contributed by atoms with Gasteiger partial charge in [-0.1, -0.05) is 30.3 Å². The minimum absolute atomic E-state index is 0.268. The van der Waals surface area contributed by atoms with Gasteiger partial charge in [0.2, 0.25) is 0 Å². The van der Waals surface area contributed by atoms with Gasteiger partial charge in [0.25, 0.3) is 0 Å². The van der Waals surface area contributed by atoms with E-state index in [4.69, 9.17) is 4.74 Å². The molecule has 0 saturated heterocycles. The highest BCUT2D eigenvalue weighted by Gasteiger charge is 1.96. The van der Waals surface area contributed by atoms with E-state index in [0.717, 1.165) is 22.6 Å². The first-order chi connectivity index (χ1) is 11.8. The van der Waals surface area contributed by atoms with Gasteiger partial charge in [0, 0.05) is 0 Å². The van der Waals surface area contributed by atoms with Gasteiger partial charge in [-0.2, -0.15) is 5.10 Å². The summed E-state index contributed by atoms with van der Waals surface area (Å²) in [6.07, 6.45) is 1.70. The summed E-state index contributed by atoms with van der Waals surface area (Å²) in [6.45, 7) is 0.542. The van der Waals surface area contributed by atoms with Crippen molar-refractivity contribution in [1.29, 1.82) is 0 Å². The Balaban J connectivity index is 1.52. The van der Waals surface area contributed by atoms with E-state index in [2.05, 4.69) is 10.5 Å². The Hall–Kier alpha value is -3.14. The summed E-state index contributed by atoms with van der Waals surface area (Å²) in [6, 6.07) is 23.7. The summed E-state index contributed by atoms with van der Waals surface area (Å²) in [5.41, 5.74) is 5.66. The molecule has 0 saturated carbocycles. The molecule has 3 nitrogen and oxygen atoms in total. The monoisotopic (exact) mass is 320 g/mol. The molecule has 0 fully saturated rings. The van der Waals surface area contributed by atoms with Gasteiger partial charge in [-0.05, 0) is 59.7 Å². The SMILES string of the molecule is Fc1ccc(N/N=C\c2ccc(OCc3ccccc3)cc2)cc1. The van der Waals surface area contributed by atoms with Crippen LogP contribution in [0.25, 0.3) is 0 Å². The van der Waals surface area contributed by atoms with E-state index in [0.29, 0.717) is 6.61 Å². The van der Waals surface area contributed by atoms with Gasteiger partial charge < -0.3 is 4.74 Å². The highest BCUT2D eigenvalue weighted by Crippen LogP contribution is 2.14. The minimum atomic E-state index is -0.268. The first kappa shape index (κ1) is 15.7. The molecule has 0 spiro atoms. The summed E-state index contributed by atoms with van der Waals surface area (Å²) in [5, 5.41) is 4.13. The van der Waals surface area contributed by atoms with Gasteiger partial charge >= 0.3 is 0 Å². The van der Waals surface area contributed by atoms with Crippen LogP contribution in [0.15, 0.2) is 84.0 Å². The molecule has 0 unspecified atom stereocenters. The lowest BCUT2D eigenvalue weighted by Gasteiger charge is -2.06. The molecular weight excluding hydrogens is 303 g/mol. The van der Waals surface area contributed by atoms with Crippen LogP contribution in [0.4, 0.5) is 10.1 Å². The van der Waals surface area contributed by atoms with Gasteiger partial charge in [-0.15, -0.1) is 0 Å². The normalized spacial score (nSPS) is 10.7. The minimum Gasteiger partial charge on any atom is -0.489 e. The molecule has 0 aromatic heterocycles. The molecule has 24 heavy (non-hydrogen) atoms. The zero-order valence-electron chi connectivity index (χ0n) is 13.0. The highest BCUT2D eigenvalue weighted by molar-refractivity contribution is 5.80. The van der Waals surface area contributed by atoms with Crippen LogP contribution < -0.4 is 10.2 Å². The number of hydrogen-bond acceptors (Lipinski definition) is 3. The summed E-state index contributed by atoms with van der Waals surface area (Å²) in [5.74, 6) is 0.540. The van der Waals surface area contributed by atoms with Gasteiger partial charge in [0.05, 0.1) is 11.9 Å². The number of nitrogens with one attached hydrogen (secondary N) is 1. The number of anilines is 1. The van der Waals surface area contributed by atoms with E-state index < -0.39 is 0 Å². The zero-order valence-corrected chi connectivity index (χ0v) is 13.0. The van der Waals surface area contributed by atoms with Crippen molar-refractivity contribution in [2.24, 2.45) is 5.10 Å². The number of rotatable bonds is 6. The van der Waals surface area contributed by atoms with Crippen molar-refractivity contribution in [3.63, 3.8) is 0 Å². The lowest BCUT2D eigenvalue weighted by atomic mass is 10.2. The molecule has 0 atom stereocenters. The Morgan fingerprint density at radius 3 is 2.29 bits per heavy atom. The van der Waals surface area contributed by atoms with Crippen LogP contribution >= 0.6 is 0 Å². The molecule has 0 radical (unpaired) electrons. The summed E-state index contributed by atoms with van der Waals surface area (Å²) < 4.78 is 18.5. The van der Waals surface area contributed by atoms with Crippen LogP contribution in [0, 0.1) is 5.82 Å². The van der Waals surface area contributed by atoms with E-state index in [-0.39, 0.29) is 5.82 Å².